The highest BCUT2D eigenvalue weighted by molar-refractivity contribution is 5.12. The molecule has 0 saturated heterocycles. The Bertz CT molecular complexity index is 239. The average Bonchev–Trinajstić information content (AvgIpc) is 2.20. The van der Waals surface area contributed by atoms with Gasteiger partial charge in [0.2, 0.25) is 0 Å². The third kappa shape index (κ3) is 4.17. The highest BCUT2D eigenvalue weighted by Crippen LogP contribution is 2.04. The summed E-state index contributed by atoms with van der Waals surface area (Å²) in [6, 6.07) is 0.505. The fourth-order valence-electron chi connectivity index (χ4n) is 1.50. The Kier molecular flexibility index (Phi) is 4.90. The summed E-state index contributed by atoms with van der Waals surface area (Å²) in [4.78, 5) is 0. The van der Waals surface area contributed by atoms with Gasteiger partial charge >= 0.3 is 0 Å². The molecule has 0 aliphatic carbocycles. The Morgan fingerprint density at radius 3 is 3.00 bits per heavy atom. The minimum Gasteiger partial charge on any atom is -0.389 e. The first-order valence-electron chi connectivity index (χ1n) is 5.33. The van der Waals surface area contributed by atoms with Crippen LogP contribution in [0, 0.1) is 0 Å². The van der Waals surface area contributed by atoms with Crippen LogP contribution in [0.3, 0.4) is 0 Å². The molecular formula is C12H20N2. The minimum atomic E-state index is 0.505. The van der Waals surface area contributed by atoms with E-state index in [1.807, 2.05) is 12.3 Å². The molecule has 0 spiro atoms. The van der Waals surface area contributed by atoms with Gasteiger partial charge in [-0.1, -0.05) is 18.2 Å². The molecule has 1 unspecified atom stereocenters. The molecule has 78 valence electrons. The lowest BCUT2D eigenvalue weighted by Crippen LogP contribution is -2.23. The first-order chi connectivity index (χ1) is 6.83. The van der Waals surface area contributed by atoms with E-state index in [-0.39, 0.29) is 0 Å². The van der Waals surface area contributed by atoms with Gasteiger partial charge in [0.05, 0.1) is 0 Å². The molecule has 0 bridgehead atoms. The van der Waals surface area contributed by atoms with Crippen LogP contribution in [0.1, 0.15) is 26.7 Å². The summed E-state index contributed by atoms with van der Waals surface area (Å²) >= 11 is 0. The van der Waals surface area contributed by atoms with Crippen LogP contribution in [0.15, 0.2) is 36.2 Å². The molecule has 0 amide bonds. The van der Waals surface area contributed by atoms with E-state index in [1.165, 1.54) is 5.70 Å². The van der Waals surface area contributed by atoms with Gasteiger partial charge in [0.15, 0.2) is 0 Å². The molecule has 1 aliphatic heterocycles. The SMILES string of the molecule is CCN/C(C)=C/CCC1C=CC=CN1. The highest BCUT2D eigenvalue weighted by Gasteiger charge is 2.01. The van der Waals surface area contributed by atoms with Crippen molar-refractivity contribution >= 4 is 0 Å². The number of nitrogens with one attached hydrogen (secondary N) is 2. The molecule has 0 aromatic heterocycles. The van der Waals surface area contributed by atoms with Gasteiger partial charge in [-0.05, 0) is 39.0 Å². The van der Waals surface area contributed by atoms with Crippen molar-refractivity contribution < 1.29 is 0 Å². The molecule has 0 aromatic carbocycles. The maximum absolute atomic E-state index is 3.31. The van der Waals surface area contributed by atoms with Gasteiger partial charge in [0, 0.05) is 18.3 Å². The second kappa shape index (κ2) is 6.30. The van der Waals surface area contributed by atoms with Gasteiger partial charge in [-0.15, -0.1) is 0 Å². The van der Waals surface area contributed by atoms with E-state index < -0.39 is 0 Å². The standard InChI is InChI=1S/C12H20N2/c1-3-13-11(2)7-6-9-12-8-4-5-10-14-12/h4-5,7-8,10,12-14H,3,6,9H2,1-2H3/b11-7+. The first kappa shape index (κ1) is 10.9. The van der Waals surface area contributed by atoms with Gasteiger partial charge < -0.3 is 10.6 Å². The molecule has 2 nitrogen and oxygen atoms in total. The number of hydrogen-bond donors (Lipinski definition) is 2. The first-order valence-corrected chi connectivity index (χ1v) is 5.33. The van der Waals surface area contributed by atoms with Crippen molar-refractivity contribution in [3.05, 3.63) is 36.2 Å². The van der Waals surface area contributed by atoms with E-state index in [1.54, 1.807) is 0 Å². The summed E-state index contributed by atoms with van der Waals surface area (Å²) in [5.41, 5.74) is 1.28. The molecule has 1 rings (SSSR count). The number of rotatable bonds is 5. The van der Waals surface area contributed by atoms with E-state index in [9.17, 15) is 0 Å². The highest BCUT2D eigenvalue weighted by atomic mass is 14.9. The molecule has 2 heteroatoms. The lowest BCUT2D eigenvalue weighted by Gasteiger charge is -2.14. The second-order valence-corrected chi connectivity index (χ2v) is 3.51. The molecule has 14 heavy (non-hydrogen) atoms. The van der Waals surface area contributed by atoms with Gasteiger partial charge in [-0.2, -0.15) is 0 Å². The average molecular weight is 192 g/mol. The van der Waals surface area contributed by atoms with Gasteiger partial charge in [-0.25, -0.2) is 0 Å². The molecule has 2 N–H and O–H groups in total. The van der Waals surface area contributed by atoms with E-state index in [2.05, 4.69) is 42.7 Å². The van der Waals surface area contributed by atoms with Crippen molar-refractivity contribution in [2.24, 2.45) is 0 Å². The van der Waals surface area contributed by atoms with Crippen LogP contribution in [-0.4, -0.2) is 12.6 Å². The van der Waals surface area contributed by atoms with E-state index in [0.29, 0.717) is 6.04 Å². The third-order valence-corrected chi connectivity index (χ3v) is 2.24. The topological polar surface area (TPSA) is 24.1 Å². The van der Waals surface area contributed by atoms with Crippen LogP contribution >= 0.6 is 0 Å². The maximum atomic E-state index is 3.31. The summed E-state index contributed by atoms with van der Waals surface area (Å²) in [5.74, 6) is 0. The predicted octanol–water partition coefficient (Wildman–Crippen LogP) is 2.32. The Labute approximate surface area is 86.8 Å². The molecule has 0 fully saturated rings. The molecule has 1 heterocycles. The zero-order valence-corrected chi connectivity index (χ0v) is 9.09. The van der Waals surface area contributed by atoms with E-state index in [4.69, 9.17) is 0 Å². The molecule has 0 radical (unpaired) electrons. The van der Waals surface area contributed by atoms with Crippen molar-refractivity contribution in [3.63, 3.8) is 0 Å². The Morgan fingerprint density at radius 1 is 1.50 bits per heavy atom. The van der Waals surface area contributed by atoms with Crippen molar-refractivity contribution in [1.82, 2.24) is 10.6 Å². The number of hydrogen-bond acceptors (Lipinski definition) is 2. The molecule has 1 aliphatic rings. The predicted molar refractivity (Wildman–Crippen MR) is 61.9 cm³/mol. The molecular weight excluding hydrogens is 172 g/mol. The summed E-state index contributed by atoms with van der Waals surface area (Å²) < 4.78 is 0. The fourth-order valence-corrected chi connectivity index (χ4v) is 1.50. The van der Waals surface area contributed by atoms with Crippen LogP contribution in [0.25, 0.3) is 0 Å². The Hall–Kier alpha value is -1.18. The van der Waals surface area contributed by atoms with Gasteiger partial charge in [0.25, 0.3) is 0 Å². The summed E-state index contributed by atoms with van der Waals surface area (Å²) in [5, 5.41) is 6.60. The number of allylic oxidation sites excluding steroid dienone is 4. The van der Waals surface area contributed by atoms with Crippen molar-refractivity contribution in [3.8, 4) is 0 Å². The van der Waals surface area contributed by atoms with Crippen LogP contribution < -0.4 is 10.6 Å². The Morgan fingerprint density at radius 2 is 2.36 bits per heavy atom. The largest absolute Gasteiger partial charge is 0.389 e. The second-order valence-electron chi connectivity index (χ2n) is 3.51. The molecule has 0 aromatic rings. The maximum Gasteiger partial charge on any atom is 0.0444 e. The van der Waals surface area contributed by atoms with Gasteiger partial charge in [-0.3, -0.25) is 0 Å². The molecule has 0 saturated carbocycles. The zero-order valence-electron chi connectivity index (χ0n) is 9.09. The smallest absolute Gasteiger partial charge is 0.0444 e. The van der Waals surface area contributed by atoms with Crippen molar-refractivity contribution in [2.75, 3.05) is 6.54 Å². The van der Waals surface area contributed by atoms with Crippen LogP contribution in [-0.2, 0) is 0 Å². The minimum absolute atomic E-state index is 0.505. The Balaban J connectivity index is 2.17. The normalized spacial score (nSPS) is 20.7. The lowest BCUT2D eigenvalue weighted by atomic mass is 10.1. The third-order valence-electron chi connectivity index (χ3n) is 2.24. The summed E-state index contributed by atoms with van der Waals surface area (Å²) in [6.45, 7) is 5.24. The quantitative estimate of drug-likeness (QED) is 0.698. The lowest BCUT2D eigenvalue weighted by molar-refractivity contribution is 0.637. The monoisotopic (exact) mass is 192 g/mol. The number of dihydropyridines is 1. The van der Waals surface area contributed by atoms with Gasteiger partial charge in [0.1, 0.15) is 0 Å². The fraction of sp³-hybridized carbons (Fsp3) is 0.500. The van der Waals surface area contributed by atoms with Crippen molar-refractivity contribution in [1.29, 1.82) is 0 Å². The van der Waals surface area contributed by atoms with Crippen LogP contribution in [0.5, 0.6) is 0 Å². The molecule has 1 atom stereocenters. The van der Waals surface area contributed by atoms with E-state index >= 15 is 0 Å². The zero-order chi connectivity index (χ0) is 10.2. The van der Waals surface area contributed by atoms with Crippen LogP contribution in [0.4, 0.5) is 0 Å². The van der Waals surface area contributed by atoms with E-state index in [0.717, 1.165) is 19.4 Å². The van der Waals surface area contributed by atoms with Crippen LogP contribution in [0.2, 0.25) is 0 Å². The van der Waals surface area contributed by atoms with Crippen molar-refractivity contribution in [2.45, 2.75) is 32.7 Å². The summed E-state index contributed by atoms with van der Waals surface area (Å²) in [7, 11) is 0. The summed E-state index contributed by atoms with van der Waals surface area (Å²) in [6.07, 6.45) is 12.9.